The number of guanidine groups is 2. The fourth-order valence-corrected chi connectivity index (χ4v) is 13.5. The Morgan fingerprint density at radius 2 is 0.842 bits per heavy atom. The first-order valence-corrected chi connectivity index (χ1v) is 47.1. The van der Waals surface area contributed by atoms with Crippen molar-refractivity contribution in [2.75, 3.05) is 66.0 Å². The molecule has 4 unspecified atom stereocenters. The molecule has 10 aromatic rings. The summed E-state index contributed by atoms with van der Waals surface area (Å²) in [6, 6.07) is 68.0. The van der Waals surface area contributed by atoms with Gasteiger partial charge in [-0.3, -0.25) is 41.4 Å². The van der Waals surface area contributed by atoms with Crippen LogP contribution >= 0.6 is 125 Å². The van der Waals surface area contributed by atoms with Gasteiger partial charge in [-0.1, -0.05) is 221 Å². The summed E-state index contributed by atoms with van der Waals surface area (Å²) in [5.41, 5.74) is 20.4. The molecular weight excluding hydrogens is 2310 g/mol. The molecule has 11 rings (SSSR count). The minimum Gasteiger partial charge on any atom is -0.435 e. The van der Waals surface area contributed by atoms with E-state index in [1.165, 1.54) is 89.3 Å². The number of terminal acetylenes is 2. The highest BCUT2D eigenvalue weighted by Crippen LogP contribution is 2.42. The number of likely N-dealkylation sites (N-methyl/N-ethyl adjacent to an activating group) is 1. The Balaban J connectivity index is 0. The zero-order valence-electron chi connectivity index (χ0n) is 74.0. The van der Waals surface area contributed by atoms with Crippen molar-refractivity contribution in [2.24, 2.45) is 27.2 Å². The quantitative estimate of drug-likeness (QED) is 0.00626. The Morgan fingerprint density at radius 1 is 0.475 bits per heavy atom. The highest BCUT2D eigenvalue weighted by Gasteiger charge is 2.50. The number of aliphatic hydroxyl groups excluding tert-OH is 2. The smallest absolute Gasteiger partial charge is 0.387 e. The minimum absolute atomic E-state index is 0. The summed E-state index contributed by atoms with van der Waals surface area (Å²) in [5.74, 6) is 21.5. The van der Waals surface area contributed by atoms with E-state index in [4.69, 9.17) is 63.5 Å². The molecule has 750 valence electrons. The summed E-state index contributed by atoms with van der Waals surface area (Å²) >= 11 is 28.4. The standard InChI is InChI=1S/C21H21F4N3O2.C19H16F4O.C10H11BrF2.C10H10BrFO.C10H8BrF.C10H9BrO.C9H6F2O.C6H4BrI.C4H6O.C2H7N3.CH2Cl2.2CH4/c1-28-18(29)21(27-20(28)26,14-7-9-16(10-8-14)30-19(24)25)15-5-2-4-13(12-15)17(23)6-3-11-22;20-12-2-5-18(21)16-4-1-3-15(13-16)7-6-14-8-10-17(11-9-14)24-19(22)23;2*11-9-4-1-3-8(7-9)10(13)5-2-6-12;2*11-10-6-3-5-9(8-10)4-1-2-7-12;1-2-7-3-5-8(6-4-7)12-9(10)11;7-5-2-1-3-6(8)4-5;1-2-3-4-5;1-5-2(3)4;2-1-3;;/h2,4-5,7-10,12,17,19H,3,6,11H2,1H3,(H2,26,27);1,3-4,8-11,13,18-19H,2,5,12H2;1,3-4,7,10H,2,5-6H2;1,3-4,7H,2,5-6H2;3,5-6,8H,2,7H2;3,5-6,8,12H,2,7H2;1,3-6,9H;1-4H;1,5H,3-4H2;1H3,(H4,3,4,5);1H2;2*1H4. The Bertz CT molecular complexity index is 5390. The van der Waals surface area contributed by atoms with E-state index in [9.17, 15) is 71.1 Å². The highest BCUT2D eigenvalue weighted by molar-refractivity contribution is 14.1. The van der Waals surface area contributed by atoms with Crippen LogP contribution in [0.1, 0.15) is 170 Å². The van der Waals surface area contributed by atoms with Crippen LogP contribution < -0.4 is 31.4 Å². The van der Waals surface area contributed by atoms with E-state index in [0.717, 1.165) is 33.5 Å². The predicted molar refractivity (Wildman–Crippen MR) is 560 cm³/mol. The molecule has 0 aliphatic carbocycles. The number of ketones is 1. The van der Waals surface area contributed by atoms with Crippen molar-refractivity contribution < 1.29 is 95.5 Å². The molecule has 13 nitrogen and oxygen atoms in total. The van der Waals surface area contributed by atoms with Crippen LogP contribution in [-0.4, -0.2) is 125 Å². The van der Waals surface area contributed by atoms with Gasteiger partial charge in [0.15, 0.2) is 23.2 Å². The van der Waals surface area contributed by atoms with Crippen LogP contribution in [0.2, 0.25) is 0 Å². The van der Waals surface area contributed by atoms with Crippen LogP contribution in [-0.2, 0) is 10.3 Å². The largest absolute Gasteiger partial charge is 0.435 e. The lowest BCUT2D eigenvalue weighted by Gasteiger charge is -2.27. The van der Waals surface area contributed by atoms with Crippen molar-refractivity contribution in [3.05, 3.63) is 330 Å². The van der Waals surface area contributed by atoms with Gasteiger partial charge in [0.2, 0.25) is 0 Å². The molecule has 0 saturated carbocycles. The Morgan fingerprint density at radius 3 is 1.20 bits per heavy atom. The Kier molecular flexibility index (Phi) is 75.0. The van der Waals surface area contributed by atoms with Gasteiger partial charge in [0.1, 0.15) is 42.4 Å². The number of Topliss-reactive ketones (excluding diaryl/α,β-unsaturated/α-hetero) is 1. The van der Waals surface area contributed by atoms with Crippen LogP contribution in [0.5, 0.6) is 17.2 Å². The molecule has 0 fully saturated rings. The lowest BCUT2D eigenvalue weighted by molar-refractivity contribution is -0.129. The van der Waals surface area contributed by atoms with Gasteiger partial charge in [-0.15, -0.1) is 42.0 Å². The van der Waals surface area contributed by atoms with Gasteiger partial charge in [0, 0.05) is 99.1 Å². The second-order valence-electron chi connectivity index (χ2n) is 27.0. The molecule has 1 amide bonds. The maximum absolute atomic E-state index is 14.5. The Labute approximate surface area is 871 Å². The third kappa shape index (κ3) is 58.7. The molecule has 1 heterocycles. The van der Waals surface area contributed by atoms with Crippen LogP contribution in [0.4, 0.5) is 61.5 Å². The van der Waals surface area contributed by atoms with Gasteiger partial charge in [-0.25, -0.2) is 18.2 Å². The van der Waals surface area contributed by atoms with E-state index in [-0.39, 0.29) is 126 Å². The molecule has 1 aliphatic rings. The zero-order chi connectivity index (χ0) is 102. The second kappa shape index (κ2) is 79.6. The van der Waals surface area contributed by atoms with Crippen molar-refractivity contribution in [3.63, 3.8) is 0 Å². The number of nitrogens with zero attached hydrogens (tertiary/aromatic N) is 3. The van der Waals surface area contributed by atoms with Crippen LogP contribution in [0, 0.1) is 63.8 Å². The van der Waals surface area contributed by atoms with Gasteiger partial charge in [-0.05, 0) is 253 Å². The second-order valence-corrected chi connectivity index (χ2v) is 33.6. The number of hydrogen-bond donors (Lipinski definition) is 5. The molecule has 10 aromatic carbocycles. The van der Waals surface area contributed by atoms with Gasteiger partial charge in [-0.2, -0.15) is 26.3 Å². The summed E-state index contributed by atoms with van der Waals surface area (Å²) in [5, 5.41) is 16.6. The summed E-state index contributed by atoms with van der Waals surface area (Å²) in [4.78, 5) is 33.5. The maximum Gasteiger partial charge on any atom is 0.387 e. The first-order valence-electron chi connectivity index (χ1n) is 41.0. The molecule has 0 aromatic heterocycles. The summed E-state index contributed by atoms with van der Waals surface area (Å²) in [6.45, 7) is -10.8. The number of aliphatic hydroxyl groups is 2. The van der Waals surface area contributed by atoms with E-state index in [1.807, 2.05) is 72.8 Å². The van der Waals surface area contributed by atoms with Crippen molar-refractivity contribution in [1.29, 1.82) is 0 Å². The number of aliphatic imine (C=N–C) groups is 2. The molecule has 0 saturated heterocycles. The van der Waals surface area contributed by atoms with Crippen molar-refractivity contribution in [1.82, 2.24) is 4.90 Å². The molecule has 0 bridgehead atoms. The Hall–Kier alpha value is -10.1. The number of ether oxygens (including phenoxy) is 3. The van der Waals surface area contributed by atoms with Gasteiger partial charge in [0.05, 0.1) is 45.3 Å². The van der Waals surface area contributed by atoms with E-state index in [0.29, 0.717) is 70.2 Å². The average Bonchev–Trinajstić information content (AvgIpc) is 1.59. The summed E-state index contributed by atoms with van der Waals surface area (Å²) in [6.07, 6.45) is 8.98. The van der Waals surface area contributed by atoms with E-state index in [1.54, 1.807) is 91.0 Å². The number of alkyl halides is 16. The van der Waals surface area contributed by atoms with Gasteiger partial charge >= 0.3 is 19.8 Å². The lowest BCUT2D eigenvalue weighted by atomic mass is 9.81. The third-order valence-corrected chi connectivity index (χ3v) is 20.0. The lowest BCUT2D eigenvalue weighted by Crippen LogP contribution is -2.41. The van der Waals surface area contributed by atoms with Gasteiger partial charge in [0.25, 0.3) is 5.91 Å². The van der Waals surface area contributed by atoms with E-state index in [2.05, 4.69) is 186 Å². The number of nitrogens with two attached hydrogens (primary N) is 3. The number of carbonyl (C=O) groups excluding carboxylic acids is 2. The molecule has 1 aliphatic heterocycles. The molecule has 0 radical (unpaired) electrons. The molecule has 35 heteroatoms. The number of amides is 1. The summed E-state index contributed by atoms with van der Waals surface area (Å²) in [7, 11) is 3.00. The molecule has 4 atom stereocenters. The number of hydrogen-bond acceptors (Lipinski definition) is 10. The van der Waals surface area contributed by atoms with E-state index >= 15 is 0 Å². The van der Waals surface area contributed by atoms with E-state index < -0.39 is 76.5 Å². The number of rotatable bonds is 27. The monoisotopic (exact) mass is 2410 g/mol. The molecule has 0 spiro atoms. The number of benzene rings is 10. The van der Waals surface area contributed by atoms with Crippen molar-refractivity contribution in [3.8, 4) is 77.5 Å². The zero-order valence-corrected chi connectivity index (χ0v) is 85.6. The first-order chi connectivity index (χ1) is 65.6. The van der Waals surface area contributed by atoms with Crippen LogP contribution in [0.3, 0.4) is 0 Å². The van der Waals surface area contributed by atoms with Gasteiger partial charge < -0.3 is 41.6 Å². The van der Waals surface area contributed by atoms with Crippen LogP contribution in [0.15, 0.2) is 275 Å². The number of carbonyl (C=O) groups is 2. The topological polar surface area (TPSA) is 208 Å². The number of halogens is 22. The molecular formula is C104H108Br5Cl2F14IN6O7. The fraction of sp³-hybridized carbons (Fsp3) is 0.288. The molecule has 8 N–H and O–H groups in total. The SMILES string of the molecule is Brc1cccc(I)c1.C.C.C#CCCO.C#Cc1ccc(OC(F)F)cc1.CN1C(=O)C(c2ccc(OC(F)F)cc2)(c2cccc(C(F)CCCF)c2)N=C1N.CN=C(N)N.ClCCl.FCCC#Cc1cccc(Br)c1.FCCCC(F)c1cccc(Br)c1.FCCCC(F)c1cccc(C#Cc2ccc(OC(F)F)cc2)c1.O=C(CCCF)c1cccc(Br)c1.OCCC#Cc1cccc(Br)c1. The molecule has 139 heavy (non-hydrogen) atoms. The first kappa shape index (κ1) is 131. The fourth-order valence-electron chi connectivity index (χ4n) is 10.5. The summed E-state index contributed by atoms with van der Waals surface area (Å²) < 4.78 is 193. The predicted octanol–water partition coefficient (Wildman–Crippen LogP) is 29.4. The average molecular weight is 2420 g/mol. The highest BCUT2D eigenvalue weighted by atomic mass is 127. The normalized spacial score (nSPS) is 11.9. The van der Waals surface area contributed by atoms with Crippen molar-refractivity contribution in [2.45, 2.75) is 129 Å². The minimum atomic E-state index is -2.99. The maximum atomic E-state index is 14.5. The van der Waals surface area contributed by atoms with Crippen molar-refractivity contribution >= 4 is 149 Å². The van der Waals surface area contributed by atoms with Crippen LogP contribution in [0.25, 0.3) is 0 Å². The third-order valence-electron chi connectivity index (χ3n) is 16.9.